The number of fused-ring (bicyclic) bond motifs is 1. The maximum absolute atomic E-state index is 6.88. The molecule has 1 fully saturated rings. The Morgan fingerprint density at radius 3 is 2.41 bits per heavy atom. The highest BCUT2D eigenvalue weighted by Crippen LogP contribution is 2.44. The van der Waals surface area contributed by atoms with Crippen LogP contribution in [0.2, 0.25) is 5.02 Å². The van der Waals surface area contributed by atoms with Crippen molar-refractivity contribution in [1.29, 1.82) is 0 Å². The molecule has 1 saturated heterocycles. The lowest BCUT2D eigenvalue weighted by Crippen LogP contribution is -2.18. The average molecular weight is 405 g/mol. The van der Waals surface area contributed by atoms with Crippen LogP contribution in [0.5, 0.6) is 0 Å². The third kappa shape index (κ3) is 3.50. The molecule has 0 unspecified atom stereocenters. The van der Waals surface area contributed by atoms with E-state index in [0.717, 1.165) is 59.5 Å². The van der Waals surface area contributed by atoms with Crippen LogP contribution in [0.4, 0.5) is 5.69 Å². The Labute approximate surface area is 174 Å². The molecule has 2 aromatic carbocycles. The topological polar surface area (TPSA) is 47.3 Å². The van der Waals surface area contributed by atoms with Gasteiger partial charge in [0.2, 0.25) is 5.71 Å². The van der Waals surface area contributed by atoms with Gasteiger partial charge >= 0.3 is 0 Å². The van der Waals surface area contributed by atoms with Crippen molar-refractivity contribution in [3.8, 4) is 22.5 Å². The van der Waals surface area contributed by atoms with Crippen molar-refractivity contribution >= 4 is 28.4 Å². The number of furan rings is 1. The van der Waals surface area contributed by atoms with E-state index in [2.05, 4.69) is 22.4 Å². The monoisotopic (exact) mass is 404 g/mol. The lowest BCUT2D eigenvalue weighted by molar-refractivity contribution is 0.120. The van der Waals surface area contributed by atoms with Crippen molar-refractivity contribution < 1.29 is 9.15 Å². The van der Waals surface area contributed by atoms with Gasteiger partial charge in [0.25, 0.3) is 0 Å². The fourth-order valence-corrected chi connectivity index (χ4v) is 4.14. The summed E-state index contributed by atoms with van der Waals surface area (Å²) in [6.07, 6.45) is 4.14. The minimum atomic E-state index is 0.222. The first-order valence-electron chi connectivity index (χ1n) is 9.88. The predicted octanol–water partition coefficient (Wildman–Crippen LogP) is 6.41. The zero-order valence-electron chi connectivity index (χ0n) is 15.9. The van der Waals surface area contributed by atoms with E-state index in [0.29, 0.717) is 10.7 Å². The summed E-state index contributed by atoms with van der Waals surface area (Å²) in [4.78, 5) is 4.57. The second-order valence-electron chi connectivity index (χ2n) is 7.22. The molecule has 29 heavy (non-hydrogen) atoms. The van der Waals surface area contributed by atoms with Crippen LogP contribution in [0.3, 0.4) is 0 Å². The van der Waals surface area contributed by atoms with Gasteiger partial charge in [-0.15, -0.1) is 0 Å². The number of nitrogens with one attached hydrogen (secondary N) is 1. The van der Waals surface area contributed by atoms with Crippen LogP contribution in [-0.4, -0.2) is 24.2 Å². The van der Waals surface area contributed by atoms with Crippen molar-refractivity contribution in [2.45, 2.75) is 18.9 Å². The molecular weight excluding hydrogens is 384 g/mol. The Kier molecular flexibility index (Phi) is 4.96. The highest BCUT2D eigenvalue weighted by Gasteiger charge is 2.23. The van der Waals surface area contributed by atoms with E-state index in [4.69, 9.17) is 20.8 Å². The largest absolute Gasteiger partial charge is 0.437 e. The molecule has 3 heterocycles. The molecule has 0 bridgehead atoms. The molecule has 0 amide bonds. The zero-order chi connectivity index (χ0) is 19.6. The molecule has 1 atom stereocenters. The molecule has 4 aromatic rings. The van der Waals surface area contributed by atoms with Gasteiger partial charge in [-0.05, 0) is 18.4 Å². The lowest BCUT2D eigenvalue weighted by Gasteiger charge is -2.13. The molecule has 0 saturated carbocycles. The van der Waals surface area contributed by atoms with Gasteiger partial charge in [0, 0.05) is 24.3 Å². The van der Waals surface area contributed by atoms with Gasteiger partial charge in [0.1, 0.15) is 5.76 Å². The summed E-state index contributed by atoms with van der Waals surface area (Å²) in [6.45, 7) is 1.55. The van der Waals surface area contributed by atoms with Crippen molar-refractivity contribution in [2.75, 3.05) is 18.5 Å². The molecule has 5 heteroatoms. The SMILES string of the molecule is Clc1c(NC[C@@H]2CCCO2)cnc2oc(-c3ccccc3)c(-c3ccccc3)c12. The molecule has 146 valence electrons. The Morgan fingerprint density at radius 2 is 1.72 bits per heavy atom. The molecule has 0 radical (unpaired) electrons. The van der Waals surface area contributed by atoms with E-state index in [1.807, 2.05) is 48.5 Å². The van der Waals surface area contributed by atoms with Gasteiger partial charge in [0.05, 0.1) is 28.4 Å². The van der Waals surface area contributed by atoms with Gasteiger partial charge in [-0.1, -0.05) is 72.3 Å². The van der Waals surface area contributed by atoms with E-state index in [1.165, 1.54) is 0 Å². The summed E-state index contributed by atoms with van der Waals surface area (Å²) in [6, 6.07) is 20.2. The third-order valence-corrected chi connectivity index (χ3v) is 5.69. The maximum Gasteiger partial charge on any atom is 0.228 e. The minimum absolute atomic E-state index is 0.222. The molecule has 1 N–H and O–H groups in total. The highest BCUT2D eigenvalue weighted by atomic mass is 35.5. The molecule has 1 aliphatic heterocycles. The summed E-state index contributed by atoms with van der Waals surface area (Å²) < 4.78 is 11.9. The number of anilines is 1. The van der Waals surface area contributed by atoms with Crippen molar-refractivity contribution in [3.63, 3.8) is 0 Å². The normalized spacial score (nSPS) is 16.4. The van der Waals surface area contributed by atoms with Crippen molar-refractivity contribution in [1.82, 2.24) is 4.98 Å². The fraction of sp³-hybridized carbons (Fsp3) is 0.208. The second-order valence-corrected chi connectivity index (χ2v) is 7.60. The Balaban J connectivity index is 1.65. The summed E-state index contributed by atoms with van der Waals surface area (Å²) in [5, 5.41) is 4.86. The highest BCUT2D eigenvalue weighted by molar-refractivity contribution is 6.39. The number of aromatic nitrogens is 1. The standard InChI is InChI=1S/C24H21ClN2O2/c25-22-19(26-14-18-12-7-13-28-18)15-27-24-21(22)20(16-8-3-1-4-9-16)23(29-24)17-10-5-2-6-11-17/h1-6,8-11,15,18,26H,7,12-14H2/t18-/m0/s1. The van der Waals surface area contributed by atoms with Crippen molar-refractivity contribution in [3.05, 3.63) is 71.9 Å². The first-order chi connectivity index (χ1) is 14.3. The van der Waals surface area contributed by atoms with Crippen LogP contribution in [0, 0.1) is 0 Å². The summed E-state index contributed by atoms with van der Waals surface area (Å²) in [5.41, 5.74) is 4.34. The molecular formula is C24H21ClN2O2. The van der Waals surface area contributed by atoms with E-state index >= 15 is 0 Å². The number of halogens is 1. The quantitative estimate of drug-likeness (QED) is 0.417. The van der Waals surface area contributed by atoms with Gasteiger partial charge in [-0.25, -0.2) is 4.98 Å². The fourth-order valence-electron chi connectivity index (χ4n) is 3.85. The average Bonchev–Trinajstić information content (AvgIpc) is 3.43. The first kappa shape index (κ1) is 18.2. The third-order valence-electron chi connectivity index (χ3n) is 5.30. The number of rotatable bonds is 5. The summed E-state index contributed by atoms with van der Waals surface area (Å²) in [7, 11) is 0. The number of benzene rings is 2. The van der Waals surface area contributed by atoms with E-state index in [9.17, 15) is 0 Å². The molecule has 2 aromatic heterocycles. The Morgan fingerprint density at radius 1 is 1.00 bits per heavy atom. The van der Waals surface area contributed by atoms with Crippen molar-refractivity contribution in [2.24, 2.45) is 0 Å². The number of pyridine rings is 1. The zero-order valence-corrected chi connectivity index (χ0v) is 16.7. The maximum atomic E-state index is 6.88. The van der Waals surface area contributed by atoms with Crippen LogP contribution >= 0.6 is 11.6 Å². The number of ether oxygens (including phenoxy) is 1. The molecule has 4 nitrogen and oxygen atoms in total. The molecule has 0 spiro atoms. The minimum Gasteiger partial charge on any atom is -0.437 e. The summed E-state index contributed by atoms with van der Waals surface area (Å²) >= 11 is 6.88. The molecule has 1 aliphatic rings. The van der Waals surface area contributed by atoms with Crippen LogP contribution in [-0.2, 0) is 4.74 Å². The van der Waals surface area contributed by atoms with Crippen LogP contribution in [0.15, 0.2) is 71.3 Å². The smallest absolute Gasteiger partial charge is 0.228 e. The Hall–Kier alpha value is -2.82. The number of nitrogens with zero attached hydrogens (tertiary/aromatic N) is 1. The predicted molar refractivity (Wildman–Crippen MR) is 117 cm³/mol. The van der Waals surface area contributed by atoms with Gasteiger partial charge in [0.15, 0.2) is 0 Å². The van der Waals surface area contributed by atoms with Crippen LogP contribution in [0.25, 0.3) is 33.6 Å². The van der Waals surface area contributed by atoms with Gasteiger partial charge < -0.3 is 14.5 Å². The Bertz CT molecular complexity index is 1120. The number of hydrogen-bond donors (Lipinski definition) is 1. The van der Waals surface area contributed by atoms with E-state index in [-0.39, 0.29) is 6.10 Å². The summed E-state index contributed by atoms with van der Waals surface area (Å²) in [5.74, 6) is 0.775. The molecule has 0 aliphatic carbocycles. The van der Waals surface area contributed by atoms with Crippen LogP contribution < -0.4 is 5.32 Å². The molecule has 5 rings (SSSR count). The van der Waals surface area contributed by atoms with E-state index in [1.54, 1.807) is 6.20 Å². The second kappa shape index (κ2) is 7.90. The van der Waals surface area contributed by atoms with Gasteiger partial charge in [-0.3, -0.25) is 0 Å². The number of hydrogen-bond acceptors (Lipinski definition) is 4. The first-order valence-corrected chi connectivity index (χ1v) is 10.3. The van der Waals surface area contributed by atoms with E-state index < -0.39 is 0 Å². The van der Waals surface area contributed by atoms with Crippen LogP contribution in [0.1, 0.15) is 12.8 Å². The lowest BCUT2D eigenvalue weighted by atomic mass is 9.99. The van der Waals surface area contributed by atoms with Gasteiger partial charge in [-0.2, -0.15) is 0 Å².